The van der Waals surface area contributed by atoms with E-state index in [0.717, 1.165) is 5.92 Å². The van der Waals surface area contributed by atoms with Crippen LogP contribution in [0.15, 0.2) is 0 Å². The Morgan fingerprint density at radius 1 is 1.31 bits per heavy atom. The zero-order chi connectivity index (χ0) is 9.68. The quantitative estimate of drug-likeness (QED) is 0.588. The van der Waals surface area contributed by atoms with E-state index in [0.29, 0.717) is 6.04 Å². The fourth-order valence-electron chi connectivity index (χ4n) is 2.09. The topological polar surface area (TPSA) is 52.5 Å². The number of aliphatic hydroxyl groups excluding tert-OH is 2. The molecule has 1 aliphatic carbocycles. The van der Waals surface area contributed by atoms with Gasteiger partial charge in [-0.1, -0.05) is 13.3 Å². The van der Waals surface area contributed by atoms with Crippen molar-refractivity contribution in [1.82, 2.24) is 5.32 Å². The summed E-state index contributed by atoms with van der Waals surface area (Å²) in [5.74, 6) is 0.843. The van der Waals surface area contributed by atoms with Crippen LogP contribution in [-0.4, -0.2) is 35.5 Å². The van der Waals surface area contributed by atoms with Crippen LogP contribution < -0.4 is 5.32 Å². The maximum absolute atomic E-state index is 8.89. The zero-order valence-corrected chi connectivity index (χ0v) is 8.37. The summed E-state index contributed by atoms with van der Waals surface area (Å²) < 4.78 is 0. The molecule has 0 aromatic heterocycles. The smallest absolute Gasteiger partial charge is 0.0607 e. The molecule has 0 bridgehead atoms. The Kier molecular flexibility index (Phi) is 4.70. The molecule has 3 nitrogen and oxygen atoms in total. The van der Waals surface area contributed by atoms with Crippen molar-refractivity contribution in [3.8, 4) is 0 Å². The summed E-state index contributed by atoms with van der Waals surface area (Å²) in [4.78, 5) is 0. The predicted molar refractivity (Wildman–Crippen MR) is 52.5 cm³/mol. The summed E-state index contributed by atoms with van der Waals surface area (Å²) >= 11 is 0. The van der Waals surface area contributed by atoms with Gasteiger partial charge in [-0.3, -0.25) is 0 Å². The Morgan fingerprint density at radius 3 is 2.46 bits per heavy atom. The van der Waals surface area contributed by atoms with Crippen LogP contribution >= 0.6 is 0 Å². The first-order chi connectivity index (χ1) is 6.30. The normalized spacial score (nSPS) is 28.6. The van der Waals surface area contributed by atoms with Crippen LogP contribution in [0.1, 0.15) is 32.6 Å². The van der Waals surface area contributed by atoms with Gasteiger partial charge in [0.05, 0.1) is 19.3 Å². The fourth-order valence-corrected chi connectivity index (χ4v) is 2.09. The number of nitrogens with one attached hydrogen (secondary N) is 1. The van der Waals surface area contributed by atoms with Gasteiger partial charge >= 0.3 is 0 Å². The highest BCUT2D eigenvalue weighted by Gasteiger charge is 2.24. The molecule has 3 N–H and O–H groups in total. The maximum Gasteiger partial charge on any atom is 0.0607 e. The third-order valence-corrected chi connectivity index (χ3v) is 3.03. The summed E-state index contributed by atoms with van der Waals surface area (Å²) in [6.07, 6.45) is 4.93. The van der Waals surface area contributed by atoms with E-state index in [1.165, 1.54) is 25.7 Å². The van der Waals surface area contributed by atoms with Crippen molar-refractivity contribution in [3.05, 3.63) is 0 Å². The molecule has 78 valence electrons. The molecule has 1 aliphatic rings. The molecule has 1 rings (SSSR count). The van der Waals surface area contributed by atoms with E-state index in [2.05, 4.69) is 12.2 Å². The molecule has 2 atom stereocenters. The molecular weight excluding hydrogens is 166 g/mol. The second kappa shape index (κ2) is 5.58. The summed E-state index contributed by atoms with van der Waals surface area (Å²) in [5, 5.41) is 21.1. The summed E-state index contributed by atoms with van der Waals surface area (Å²) in [5.41, 5.74) is 0. The number of hydrogen-bond acceptors (Lipinski definition) is 3. The van der Waals surface area contributed by atoms with Gasteiger partial charge in [0.25, 0.3) is 0 Å². The van der Waals surface area contributed by atoms with Crippen LogP contribution in [0.2, 0.25) is 0 Å². The minimum atomic E-state index is -0.124. The SMILES string of the molecule is CCC1CCC(NC(CO)CO)C1. The number of hydrogen-bond donors (Lipinski definition) is 3. The van der Waals surface area contributed by atoms with Gasteiger partial charge < -0.3 is 15.5 Å². The molecule has 0 spiro atoms. The number of aliphatic hydroxyl groups is 2. The highest BCUT2D eigenvalue weighted by molar-refractivity contribution is 4.82. The molecule has 2 unspecified atom stereocenters. The van der Waals surface area contributed by atoms with E-state index in [9.17, 15) is 0 Å². The molecule has 0 amide bonds. The minimum absolute atomic E-state index is 0.0315. The average molecular weight is 187 g/mol. The molecular formula is C10H21NO2. The molecule has 0 aliphatic heterocycles. The van der Waals surface area contributed by atoms with Crippen LogP contribution in [0.4, 0.5) is 0 Å². The Morgan fingerprint density at radius 2 is 2.00 bits per heavy atom. The van der Waals surface area contributed by atoms with E-state index in [4.69, 9.17) is 10.2 Å². The van der Waals surface area contributed by atoms with E-state index < -0.39 is 0 Å². The molecule has 0 aromatic carbocycles. The Balaban J connectivity index is 2.22. The Labute approximate surface area is 80.2 Å². The highest BCUT2D eigenvalue weighted by atomic mass is 16.3. The van der Waals surface area contributed by atoms with Crippen molar-refractivity contribution in [2.24, 2.45) is 5.92 Å². The Bertz CT molecular complexity index is 137. The fraction of sp³-hybridized carbons (Fsp3) is 1.00. The van der Waals surface area contributed by atoms with Crippen LogP contribution in [0, 0.1) is 5.92 Å². The van der Waals surface area contributed by atoms with Gasteiger partial charge in [-0.15, -0.1) is 0 Å². The van der Waals surface area contributed by atoms with E-state index >= 15 is 0 Å². The number of rotatable bonds is 5. The van der Waals surface area contributed by atoms with Crippen LogP contribution in [-0.2, 0) is 0 Å². The van der Waals surface area contributed by atoms with Crippen molar-refractivity contribution in [2.75, 3.05) is 13.2 Å². The first-order valence-electron chi connectivity index (χ1n) is 5.27. The average Bonchev–Trinajstić information content (AvgIpc) is 2.61. The van der Waals surface area contributed by atoms with Crippen molar-refractivity contribution < 1.29 is 10.2 Å². The van der Waals surface area contributed by atoms with E-state index in [1.54, 1.807) is 0 Å². The van der Waals surface area contributed by atoms with Gasteiger partial charge in [0, 0.05) is 6.04 Å². The molecule has 3 heteroatoms. The second-order valence-electron chi connectivity index (χ2n) is 4.01. The lowest BCUT2D eigenvalue weighted by molar-refractivity contribution is 0.161. The van der Waals surface area contributed by atoms with E-state index in [-0.39, 0.29) is 19.3 Å². The first-order valence-corrected chi connectivity index (χ1v) is 5.27. The van der Waals surface area contributed by atoms with Crippen molar-refractivity contribution in [1.29, 1.82) is 0 Å². The largest absolute Gasteiger partial charge is 0.395 e. The molecule has 0 saturated heterocycles. The predicted octanol–water partition coefficient (Wildman–Crippen LogP) is 0.508. The lowest BCUT2D eigenvalue weighted by Crippen LogP contribution is -2.41. The van der Waals surface area contributed by atoms with Gasteiger partial charge in [0.2, 0.25) is 0 Å². The molecule has 0 heterocycles. The van der Waals surface area contributed by atoms with Gasteiger partial charge in [-0.2, -0.15) is 0 Å². The maximum atomic E-state index is 8.89. The van der Waals surface area contributed by atoms with Crippen LogP contribution in [0.25, 0.3) is 0 Å². The lowest BCUT2D eigenvalue weighted by atomic mass is 10.1. The summed E-state index contributed by atoms with van der Waals surface area (Å²) in [6, 6.07) is 0.384. The van der Waals surface area contributed by atoms with Gasteiger partial charge in [0.1, 0.15) is 0 Å². The minimum Gasteiger partial charge on any atom is -0.395 e. The molecule has 0 aromatic rings. The van der Waals surface area contributed by atoms with Crippen molar-refractivity contribution in [3.63, 3.8) is 0 Å². The molecule has 1 fully saturated rings. The second-order valence-corrected chi connectivity index (χ2v) is 4.01. The summed E-state index contributed by atoms with van der Waals surface area (Å²) in [7, 11) is 0. The summed E-state index contributed by atoms with van der Waals surface area (Å²) in [6.45, 7) is 2.29. The van der Waals surface area contributed by atoms with Crippen molar-refractivity contribution in [2.45, 2.75) is 44.7 Å². The monoisotopic (exact) mass is 187 g/mol. The standard InChI is InChI=1S/C10H21NO2/c1-2-8-3-4-9(5-8)11-10(6-12)7-13/h8-13H,2-7H2,1H3. The molecule has 1 saturated carbocycles. The zero-order valence-electron chi connectivity index (χ0n) is 8.37. The van der Waals surface area contributed by atoms with Gasteiger partial charge in [-0.05, 0) is 25.2 Å². The first kappa shape index (κ1) is 11.0. The van der Waals surface area contributed by atoms with Crippen LogP contribution in [0.5, 0.6) is 0 Å². The van der Waals surface area contributed by atoms with E-state index in [1.807, 2.05) is 0 Å². The van der Waals surface area contributed by atoms with Crippen LogP contribution in [0.3, 0.4) is 0 Å². The third-order valence-electron chi connectivity index (χ3n) is 3.03. The third kappa shape index (κ3) is 3.25. The lowest BCUT2D eigenvalue weighted by Gasteiger charge is -2.19. The van der Waals surface area contributed by atoms with Crippen molar-refractivity contribution >= 4 is 0 Å². The van der Waals surface area contributed by atoms with Gasteiger partial charge in [-0.25, -0.2) is 0 Å². The van der Waals surface area contributed by atoms with Gasteiger partial charge in [0.15, 0.2) is 0 Å². The molecule has 0 radical (unpaired) electrons. The highest BCUT2D eigenvalue weighted by Crippen LogP contribution is 2.27. The Hall–Kier alpha value is -0.120. The molecule has 13 heavy (non-hydrogen) atoms.